The van der Waals surface area contributed by atoms with E-state index in [1.165, 1.54) is 7.05 Å². The maximum atomic E-state index is 11.7. The first kappa shape index (κ1) is 13.7. The first-order valence-electron chi connectivity index (χ1n) is 4.34. The molecule has 0 saturated heterocycles. The van der Waals surface area contributed by atoms with Crippen molar-refractivity contribution in [3.8, 4) is 0 Å². The number of imidazole rings is 1. The number of carbonyl (C=O) groups excluding carboxylic acids is 1. The van der Waals surface area contributed by atoms with Crippen LogP contribution < -0.4 is 45.9 Å². The minimum atomic E-state index is -1.34. The monoisotopic (exact) mass is 246 g/mol. The van der Waals surface area contributed by atoms with E-state index in [0.29, 0.717) is 0 Å². The molecule has 0 fully saturated rings. The van der Waals surface area contributed by atoms with Gasteiger partial charge in [0.2, 0.25) is 0 Å². The van der Waals surface area contributed by atoms with Crippen LogP contribution in [-0.2, 0) is 18.4 Å². The average molecular weight is 246 g/mol. The van der Waals surface area contributed by atoms with E-state index in [2.05, 4.69) is 9.97 Å². The SMILES string of the molecule is Cn1c(=O)[nH]c2ncn(CC(=O)[O-])c2c1=O.[Na+]. The summed E-state index contributed by atoms with van der Waals surface area (Å²) in [7, 11) is 1.29. The van der Waals surface area contributed by atoms with Crippen LogP contribution in [0.25, 0.3) is 11.2 Å². The van der Waals surface area contributed by atoms with E-state index in [1.807, 2.05) is 0 Å². The van der Waals surface area contributed by atoms with Crippen molar-refractivity contribution >= 4 is 17.1 Å². The zero-order chi connectivity index (χ0) is 11.9. The Hall–Kier alpha value is -1.38. The minimum Gasteiger partial charge on any atom is -0.548 e. The number of carbonyl (C=O) groups is 1. The third-order valence-electron chi connectivity index (χ3n) is 2.17. The number of carboxylic acid groups (broad SMARTS) is 1. The van der Waals surface area contributed by atoms with Gasteiger partial charge in [-0.05, 0) is 0 Å². The van der Waals surface area contributed by atoms with Crippen LogP contribution in [0.4, 0.5) is 0 Å². The summed E-state index contributed by atoms with van der Waals surface area (Å²) in [6, 6.07) is 0. The molecule has 0 aliphatic carbocycles. The molecule has 0 unspecified atom stereocenters. The molecule has 0 aliphatic heterocycles. The molecule has 0 aromatic carbocycles. The van der Waals surface area contributed by atoms with Gasteiger partial charge in [-0.2, -0.15) is 0 Å². The maximum Gasteiger partial charge on any atom is 1.00 e. The number of hydrogen-bond acceptors (Lipinski definition) is 5. The number of nitrogens with one attached hydrogen (secondary N) is 1. The predicted molar refractivity (Wildman–Crippen MR) is 50.6 cm³/mol. The number of H-pyrrole nitrogens is 1. The molecule has 8 nitrogen and oxygen atoms in total. The molecule has 0 radical (unpaired) electrons. The predicted octanol–water partition coefficient (Wildman–Crippen LogP) is -5.82. The Morgan fingerprint density at radius 1 is 1.53 bits per heavy atom. The van der Waals surface area contributed by atoms with Crippen molar-refractivity contribution in [2.75, 3.05) is 0 Å². The normalized spacial score (nSPS) is 10.2. The molecule has 0 saturated carbocycles. The van der Waals surface area contributed by atoms with E-state index in [1.54, 1.807) is 0 Å². The van der Waals surface area contributed by atoms with Crippen molar-refractivity contribution in [2.24, 2.45) is 7.05 Å². The summed E-state index contributed by atoms with van der Waals surface area (Å²) in [5, 5.41) is 10.4. The fraction of sp³-hybridized carbons (Fsp3) is 0.250. The molecule has 2 aromatic rings. The topological polar surface area (TPSA) is 113 Å². The smallest absolute Gasteiger partial charge is 0.548 e. The Morgan fingerprint density at radius 3 is 2.76 bits per heavy atom. The van der Waals surface area contributed by atoms with Crippen LogP contribution in [0.5, 0.6) is 0 Å². The fourth-order valence-electron chi connectivity index (χ4n) is 1.39. The molecule has 9 heteroatoms. The van der Waals surface area contributed by atoms with Gasteiger partial charge < -0.3 is 14.5 Å². The van der Waals surface area contributed by atoms with Crippen LogP contribution in [-0.4, -0.2) is 25.1 Å². The minimum absolute atomic E-state index is 0. The van der Waals surface area contributed by atoms with Gasteiger partial charge >= 0.3 is 35.2 Å². The quantitative estimate of drug-likeness (QED) is 0.530. The van der Waals surface area contributed by atoms with Crippen molar-refractivity contribution in [3.63, 3.8) is 0 Å². The number of aromatic nitrogens is 4. The van der Waals surface area contributed by atoms with Gasteiger partial charge in [0.1, 0.15) is 0 Å². The Balaban J connectivity index is 0.00000144. The van der Waals surface area contributed by atoms with Crippen LogP contribution in [0.2, 0.25) is 0 Å². The van der Waals surface area contributed by atoms with Gasteiger partial charge in [0.15, 0.2) is 11.2 Å². The molecule has 84 valence electrons. The van der Waals surface area contributed by atoms with E-state index in [-0.39, 0.29) is 40.7 Å². The van der Waals surface area contributed by atoms with Gasteiger partial charge in [-0.3, -0.25) is 14.3 Å². The van der Waals surface area contributed by atoms with E-state index in [4.69, 9.17) is 0 Å². The Labute approximate surface area is 116 Å². The number of hydrogen-bond donors (Lipinski definition) is 1. The molecule has 2 rings (SSSR count). The van der Waals surface area contributed by atoms with Gasteiger partial charge in [0.25, 0.3) is 5.56 Å². The second-order valence-electron chi connectivity index (χ2n) is 3.24. The van der Waals surface area contributed by atoms with Crippen molar-refractivity contribution in [3.05, 3.63) is 27.2 Å². The standard InChI is InChI=1S/C8H8N4O4.Na/c1-11-7(15)5-6(10-8(11)16)9-3-12(5)2-4(13)14;/h3H,2H2,1H3,(H,10,16)(H,13,14);/q;+1/p-1. The fourth-order valence-corrected chi connectivity index (χ4v) is 1.39. The summed E-state index contributed by atoms with van der Waals surface area (Å²) in [5.41, 5.74) is -1.10. The van der Waals surface area contributed by atoms with Crippen LogP contribution >= 0.6 is 0 Å². The van der Waals surface area contributed by atoms with Crippen LogP contribution in [0, 0.1) is 0 Å². The first-order chi connectivity index (χ1) is 7.50. The third-order valence-corrected chi connectivity index (χ3v) is 2.17. The molecule has 2 aromatic heterocycles. The average Bonchev–Trinajstić information content (AvgIpc) is 2.57. The van der Waals surface area contributed by atoms with E-state index < -0.39 is 23.8 Å². The molecule has 2 heterocycles. The molecule has 0 amide bonds. The summed E-state index contributed by atoms with van der Waals surface area (Å²) >= 11 is 0. The summed E-state index contributed by atoms with van der Waals surface area (Å²) in [5.74, 6) is -1.34. The van der Waals surface area contributed by atoms with Gasteiger partial charge in [-0.15, -0.1) is 0 Å². The van der Waals surface area contributed by atoms with Gasteiger partial charge in [-0.1, -0.05) is 0 Å². The van der Waals surface area contributed by atoms with Crippen LogP contribution in [0.15, 0.2) is 15.9 Å². The van der Waals surface area contributed by atoms with E-state index in [9.17, 15) is 19.5 Å². The van der Waals surface area contributed by atoms with Crippen molar-refractivity contribution in [1.82, 2.24) is 19.1 Å². The first-order valence-corrected chi connectivity index (χ1v) is 4.34. The molecular weight excluding hydrogens is 239 g/mol. The Kier molecular flexibility index (Phi) is 3.91. The molecule has 1 N–H and O–H groups in total. The Bertz CT molecular complexity index is 683. The number of nitrogens with zero attached hydrogens (tertiary/aromatic N) is 3. The molecular formula is C8H7N4NaO4. The second-order valence-corrected chi connectivity index (χ2v) is 3.24. The molecule has 0 aliphatic rings. The summed E-state index contributed by atoms with van der Waals surface area (Å²) in [6.07, 6.45) is 1.16. The van der Waals surface area contributed by atoms with Crippen LogP contribution in [0.1, 0.15) is 0 Å². The number of rotatable bonds is 2. The summed E-state index contributed by atoms with van der Waals surface area (Å²) in [4.78, 5) is 39.4. The van der Waals surface area contributed by atoms with Crippen molar-refractivity contribution in [2.45, 2.75) is 6.54 Å². The zero-order valence-corrected chi connectivity index (χ0v) is 11.3. The summed E-state index contributed by atoms with van der Waals surface area (Å²) < 4.78 is 1.96. The number of fused-ring (bicyclic) bond motifs is 1. The molecule has 0 spiro atoms. The molecule has 17 heavy (non-hydrogen) atoms. The molecule has 0 atom stereocenters. The van der Waals surface area contributed by atoms with Gasteiger partial charge in [0, 0.05) is 7.05 Å². The van der Waals surface area contributed by atoms with Crippen LogP contribution in [0.3, 0.4) is 0 Å². The second kappa shape index (κ2) is 4.86. The van der Waals surface area contributed by atoms with Gasteiger partial charge in [0.05, 0.1) is 18.8 Å². The third kappa shape index (κ3) is 2.33. The largest absolute Gasteiger partial charge is 1.00 e. The van der Waals surface area contributed by atoms with Crippen molar-refractivity contribution < 1.29 is 39.5 Å². The maximum absolute atomic E-state index is 11.7. The van der Waals surface area contributed by atoms with E-state index >= 15 is 0 Å². The number of aromatic amines is 1. The number of aliphatic carboxylic acids is 1. The van der Waals surface area contributed by atoms with Crippen molar-refractivity contribution in [1.29, 1.82) is 0 Å². The summed E-state index contributed by atoms with van der Waals surface area (Å²) in [6.45, 7) is -0.488. The van der Waals surface area contributed by atoms with Gasteiger partial charge in [-0.25, -0.2) is 9.78 Å². The molecule has 0 bridgehead atoms. The Morgan fingerprint density at radius 2 is 2.18 bits per heavy atom. The number of carboxylic acids is 1. The van der Waals surface area contributed by atoms with E-state index in [0.717, 1.165) is 15.5 Å². The zero-order valence-electron chi connectivity index (χ0n) is 9.26.